The van der Waals surface area contributed by atoms with Crippen molar-refractivity contribution in [3.8, 4) is 11.5 Å². The molecule has 1 aromatic carbocycles. The Morgan fingerprint density at radius 1 is 1.30 bits per heavy atom. The van der Waals surface area contributed by atoms with Gasteiger partial charge in [-0.05, 0) is 68.3 Å². The molecule has 7 heteroatoms. The van der Waals surface area contributed by atoms with Gasteiger partial charge in [-0.3, -0.25) is 4.79 Å². The second-order valence-electron chi connectivity index (χ2n) is 8.39. The molecule has 2 aromatic heterocycles. The zero-order valence-corrected chi connectivity index (χ0v) is 18.2. The number of ether oxygens (including phenoxy) is 2. The third-order valence-electron chi connectivity index (χ3n) is 6.06. The van der Waals surface area contributed by atoms with Crippen molar-refractivity contribution < 1.29 is 9.47 Å². The standard InChI is InChI=1S/C23H27N3O3S/c1-13-3-5-16-19(11-13)30-23-20(16)22(27)25-21(26-23)14(2)24-8-7-15-4-6-17-18(12-15)29-10-9-28-17/h4,6,12-14,24H,3,5,7-11H2,1-2H3,(H,25,26,27)/t13-,14+/m0/s1. The number of aromatic nitrogens is 2. The molecule has 0 fully saturated rings. The predicted molar refractivity (Wildman–Crippen MR) is 119 cm³/mol. The van der Waals surface area contributed by atoms with Crippen molar-refractivity contribution in [1.29, 1.82) is 0 Å². The van der Waals surface area contributed by atoms with Gasteiger partial charge >= 0.3 is 0 Å². The minimum Gasteiger partial charge on any atom is -0.486 e. The molecule has 0 spiro atoms. The van der Waals surface area contributed by atoms with E-state index in [1.807, 2.05) is 19.1 Å². The van der Waals surface area contributed by atoms with Crippen LogP contribution in [-0.2, 0) is 19.3 Å². The number of benzene rings is 1. The number of fused-ring (bicyclic) bond motifs is 4. The van der Waals surface area contributed by atoms with Gasteiger partial charge < -0.3 is 19.8 Å². The Kier molecular flexibility index (Phi) is 5.25. The lowest BCUT2D eigenvalue weighted by molar-refractivity contribution is 0.171. The van der Waals surface area contributed by atoms with Gasteiger partial charge in [0.2, 0.25) is 0 Å². The monoisotopic (exact) mass is 425 g/mol. The van der Waals surface area contributed by atoms with E-state index in [1.165, 1.54) is 16.0 Å². The van der Waals surface area contributed by atoms with Gasteiger partial charge in [-0.25, -0.2) is 4.98 Å². The summed E-state index contributed by atoms with van der Waals surface area (Å²) in [5, 5.41) is 4.30. The number of rotatable bonds is 5. The molecule has 158 valence electrons. The Morgan fingerprint density at radius 2 is 2.13 bits per heavy atom. The first-order chi connectivity index (χ1) is 14.6. The lowest BCUT2D eigenvalue weighted by Crippen LogP contribution is -2.25. The number of hydrogen-bond donors (Lipinski definition) is 2. The molecular weight excluding hydrogens is 398 g/mol. The van der Waals surface area contributed by atoms with Crippen LogP contribution in [0.1, 0.15) is 48.1 Å². The number of nitrogens with one attached hydrogen (secondary N) is 2. The van der Waals surface area contributed by atoms with Crippen LogP contribution in [0.5, 0.6) is 11.5 Å². The zero-order chi connectivity index (χ0) is 20.7. The molecule has 3 aromatic rings. The van der Waals surface area contributed by atoms with Crippen molar-refractivity contribution in [2.45, 2.75) is 45.6 Å². The van der Waals surface area contributed by atoms with Crippen LogP contribution in [0.25, 0.3) is 10.2 Å². The number of hydrogen-bond acceptors (Lipinski definition) is 6. The normalized spacial score (nSPS) is 18.9. The molecule has 0 amide bonds. The molecule has 2 atom stereocenters. The van der Waals surface area contributed by atoms with Crippen molar-refractivity contribution >= 4 is 21.6 Å². The van der Waals surface area contributed by atoms with E-state index in [9.17, 15) is 4.79 Å². The average molecular weight is 426 g/mol. The molecule has 2 aliphatic rings. The van der Waals surface area contributed by atoms with Gasteiger partial charge in [0.1, 0.15) is 23.9 Å². The van der Waals surface area contributed by atoms with Gasteiger partial charge in [0, 0.05) is 4.88 Å². The summed E-state index contributed by atoms with van der Waals surface area (Å²) < 4.78 is 11.2. The lowest BCUT2D eigenvalue weighted by Gasteiger charge is -2.19. The van der Waals surface area contributed by atoms with E-state index in [0.717, 1.165) is 53.9 Å². The van der Waals surface area contributed by atoms with E-state index in [-0.39, 0.29) is 11.6 Å². The van der Waals surface area contributed by atoms with E-state index in [4.69, 9.17) is 14.5 Å². The third-order valence-corrected chi connectivity index (χ3v) is 7.21. The molecule has 0 saturated heterocycles. The van der Waals surface area contributed by atoms with E-state index in [2.05, 4.69) is 23.3 Å². The van der Waals surface area contributed by atoms with Crippen LogP contribution in [0.3, 0.4) is 0 Å². The van der Waals surface area contributed by atoms with E-state index >= 15 is 0 Å². The van der Waals surface area contributed by atoms with E-state index < -0.39 is 0 Å². The molecule has 0 saturated carbocycles. The van der Waals surface area contributed by atoms with Crippen LogP contribution in [0.4, 0.5) is 0 Å². The summed E-state index contributed by atoms with van der Waals surface area (Å²) >= 11 is 1.70. The first kappa shape index (κ1) is 19.6. The van der Waals surface area contributed by atoms with Crippen molar-refractivity contribution in [3.05, 3.63) is 50.4 Å². The van der Waals surface area contributed by atoms with Crippen LogP contribution in [0, 0.1) is 5.92 Å². The Bertz CT molecular complexity index is 1140. The SMILES string of the molecule is C[C@H]1CCc2c(sc3nc([C@@H](C)NCCc4ccc5c(c4)OCCO5)[nH]c(=O)c23)C1. The highest BCUT2D eigenvalue weighted by molar-refractivity contribution is 7.18. The number of aryl methyl sites for hydroxylation is 1. The molecule has 3 heterocycles. The first-order valence-electron chi connectivity index (χ1n) is 10.7. The Morgan fingerprint density at radius 3 is 3.00 bits per heavy atom. The van der Waals surface area contributed by atoms with Crippen molar-refractivity contribution in [2.24, 2.45) is 5.92 Å². The molecule has 0 radical (unpaired) electrons. The summed E-state index contributed by atoms with van der Waals surface area (Å²) in [6.07, 6.45) is 4.06. The first-order valence-corrected chi connectivity index (χ1v) is 11.6. The maximum absolute atomic E-state index is 12.8. The second kappa shape index (κ2) is 8.04. The molecule has 5 rings (SSSR count). The number of thiophene rings is 1. The van der Waals surface area contributed by atoms with Crippen LogP contribution < -0.4 is 20.3 Å². The van der Waals surface area contributed by atoms with Gasteiger partial charge in [-0.15, -0.1) is 11.3 Å². The summed E-state index contributed by atoms with van der Waals surface area (Å²) in [5.41, 5.74) is 2.42. The topological polar surface area (TPSA) is 76.2 Å². The van der Waals surface area contributed by atoms with Gasteiger partial charge in [0.05, 0.1) is 11.4 Å². The summed E-state index contributed by atoms with van der Waals surface area (Å²) in [6.45, 7) is 6.31. The number of H-pyrrole nitrogens is 1. The van der Waals surface area contributed by atoms with Crippen LogP contribution >= 0.6 is 11.3 Å². The highest BCUT2D eigenvalue weighted by Crippen LogP contribution is 2.36. The number of aromatic amines is 1. The lowest BCUT2D eigenvalue weighted by atomic mass is 9.89. The molecule has 0 unspecified atom stereocenters. The fourth-order valence-electron chi connectivity index (χ4n) is 4.34. The van der Waals surface area contributed by atoms with E-state index in [0.29, 0.717) is 25.0 Å². The maximum atomic E-state index is 12.8. The molecule has 6 nitrogen and oxygen atoms in total. The van der Waals surface area contributed by atoms with Gasteiger partial charge in [-0.1, -0.05) is 13.0 Å². The van der Waals surface area contributed by atoms with Crippen LogP contribution in [0.15, 0.2) is 23.0 Å². The minimum atomic E-state index is -0.0302. The molecule has 0 bridgehead atoms. The van der Waals surface area contributed by atoms with Gasteiger partial charge in [0.15, 0.2) is 11.5 Å². The predicted octanol–water partition coefficient (Wildman–Crippen LogP) is 3.77. The fraction of sp³-hybridized carbons (Fsp3) is 0.478. The third kappa shape index (κ3) is 3.72. The molecular formula is C23H27N3O3S. The van der Waals surface area contributed by atoms with Crippen molar-refractivity contribution in [1.82, 2.24) is 15.3 Å². The molecule has 1 aliphatic heterocycles. The Balaban J connectivity index is 1.28. The smallest absolute Gasteiger partial charge is 0.259 e. The Labute approximate surface area is 179 Å². The van der Waals surface area contributed by atoms with Gasteiger partial charge in [0.25, 0.3) is 5.56 Å². The Hall–Kier alpha value is -2.38. The van der Waals surface area contributed by atoms with Crippen molar-refractivity contribution in [2.75, 3.05) is 19.8 Å². The van der Waals surface area contributed by atoms with Crippen molar-refractivity contribution in [3.63, 3.8) is 0 Å². The fourth-order valence-corrected chi connectivity index (χ4v) is 5.73. The van der Waals surface area contributed by atoms with Gasteiger partial charge in [-0.2, -0.15) is 0 Å². The molecule has 1 aliphatic carbocycles. The molecule has 2 N–H and O–H groups in total. The summed E-state index contributed by atoms with van der Waals surface area (Å²) in [4.78, 5) is 22.9. The van der Waals surface area contributed by atoms with Crippen LogP contribution in [0.2, 0.25) is 0 Å². The second-order valence-corrected chi connectivity index (χ2v) is 9.47. The largest absolute Gasteiger partial charge is 0.486 e. The average Bonchev–Trinajstić information content (AvgIpc) is 3.11. The maximum Gasteiger partial charge on any atom is 0.259 e. The summed E-state index contributed by atoms with van der Waals surface area (Å²) in [5.74, 6) is 3.03. The van der Waals surface area contributed by atoms with E-state index in [1.54, 1.807) is 11.3 Å². The highest BCUT2D eigenvalue weighted by atomic mass is 32.1. The van der Waals surface area contributed by atoms with Crippen LogP contribution in [-0.4, -0.2) is 29.7 Å². The minimum absolute atomic E-state index is 0.00235. The zero-order valence-electron chi connectivity index (χ0n) is 17.4. The quantitative estimate of drug-likeness (QED) is 0.651. The molecule has 30 heavy (non-hydrogen) atoms. The highest BCUT2D eigenvalue weighted by Gasteiger charge is 2.23. The summed E-state index contributed by atoms with van der Waals surface area (Å²) in [7, 11) is 0. The summed E-state index contributed by atoms with van der Waals surface area (Å²) in [6, 6.07) is 6.06. The number of nitrogens with zero attached hydrogens (tertiary/aromatic N) is 1.